The zero-order valence-corrected chi connectivity index (χ0v) is 12.0. The van der Waals surface area contributed by atoms with Crippen molar-refractivity contribution in [3.05, 3.63) is 23.8 Å². The van der Waals surface area contributed by atoms with Gasteiger partial charge in [-0.15, -0.1) is 11.8 Å². The topological polar surface area (TPSA) is 55.1 Å². The van der Waals surface area contributed by atoms with Crippen LogP contribution in [0.5, 0.6) is 0 Å². The molecule has 0 aliphatic rings. The van der Waals surface area contributed by atoms with E-state index in [0.717, 1.165) is 16.3 Å². The van der Waals surface area contributed by atoms with Gasteiger partial charge in [-0.2, -0.15) is 0 Å². The first-order valence-electron chi connectivity index (χ1n) is 6.49. The summed E-state index contributed by atoms with van der Waals surface area (Å²) >= 11 is 1.73. The first-order valence-corrected chi connectivity index (χ1v) is 7.48. The van der Waals surface area contributed by atoms with Gasteiger partial charge in [0.2, 0.25) is 0 Å². The number of hydrogen-bond acceptors (Lipinski definition) is 3. The van der Waals surface area contributed by atoms with E-state index in [-0.39, 0.29) is 5.91 Å². The van der Waals surface area contributed by atoms with Crippen molar-refractivity contribution in [3.8, 4) is 0 Å². The average Bonchev–Trinajstić information content (AvgIpc) is 2.37. The molecule has 0 aliphatic heterocycles. The standard InChI is InChI=1S/C14H22N2OS/c1-3-5-6-9-18-13-10-11(7-8-12(13)15)14(17)16-4-2/h7-8,10H,3-6,9,15H2,1-2H3,(H,16,17). The third-order valence-corrected chi connectivity index (χ3v) is 3.78. The molecule has 4 heteroatoms. The first-order chi connectivity index (χ1) is 8.69. The van der Waals surface area contributed by atoms with Gasteiger partial charge in [-0.05, 0) is 37.3 Å². The van der Waals surface area contributed by atoms with Crippen molar-refractivity contribution in [2.45, 2.75) is 38.0 Å². The van der Waals surface area contributed by atoms with E-state index in [1.807, 2.05) is 19.1 Å². The summed E-state index contributed by atoms with van der Waals surface area (Å²) in [5.41, 5.74) is 7.36. The van der Waals surface area contributed by atoms with Crippen molar-refractivity contribution in [1.29, 1.82) is 0 Å². The Morgan fingerprint density at radius 1 is 1.33 bits per heavy atom. The molecule has 0 saturated heterocycles. The lowest BCUT2D eigenvalue weighted by Crippen LogP contribution is -2.22. The van der Waals surface area contributed by atoms with E-state index in [4.69, 9.17) is 5.73 Å². The second-order valence-electron chi connectivity index (χ2n) is 4.17. The number of carbonyl (C=O) groups excluding carboxylic acids is 1. The third kappa shape index (κ3) is 4.61. The Bertz CT molecular complexity index is 393. The number of thioether (sulfide) groups is 1. The predicted molar refractivity (Wildman–Crippen MR) is 79.1 cm³/mol. The van der Waals surface area contributed by atoms with E-state index in [9.17, 15) is 4.79 Å². The molecule has 0 bridgehead atoms. The second kappa shape index (κ2) is 8.03. The number of hydrogen-bond donors (Lipinski definition) is 2. The Morgan fingerprint density at radius 2 is 2.11 bits per heavy atom. The number of amides is 1. The lowest BCUT2D eigenvalue weighted by Gasteiger charge is -2.08. The van der Waals surface area contributed by atoms with Crippen LogP contribution in [0.4, 0.5) is 5.69 Å². The van der Waals surface area contributed by atoms with Crippen molar-refractivity contribution >= 4 is 23.4 Å². The maximum atomic E-state index is 11.7. The molecule has 0 spiro atoms. The molecular formula is C14H22N2OS. The lowest BCUT2D eigenvalue weighted by atomic mass is 10.2. The van der Waals surface area contributed by atoms with Gasteiger partial charge in [0.1, 0.15) is 0 Å². The van der Waals surface area contributed by atoms with Gasteiger partial charge in [0.05, 0.1) is 0 Å². The van der Waals surface area contributed by atoms with Crippen LogP contribution in [0.25, 0.3) is 0 Å². The molecule has 0 saturated carbocycles. The van der Waals surface area contributed by atoms with Gasteiger partial charge in [-0.1, -0.05) is 19.8 Å². The van der Waals surface area contributed by atoms with Crippen LogP contribution in [0.3, 0.4) is 0 Å². The van der Waals surface area contributed by atoms with Crippen LogP contribution in [0.2, 0.25) is 0 Å². The molecule has 1 rings (SSSR count). The molecule has 1 aromatic rings. The monoisotopic (exact) mass is 266 g/mol. The molecule has 0 atom stereocenters. The highest BCUT2D eigenvalue weighted by Crippen LogP contribution is 2.27. The molecule has 0 radical (unpaired) electrons. The Balaban J connectivity index is 2.66. The summed E-state index contributed by atoms with van der Waals surface area (Å²) in [5, 5.41) is 2.80. The SMILES string of the molecule is CCCCCSc1cc(C(=O)NCC)ccc1N. The second-order valence-corrected chi connectivity index (χ2v) is 5.30. The summed E-state index contributed by atoms with van der Waals surface area (Å²) in [6, 6.07) is 5.47. The number of nitrogens with one attached hydrogen (secondary N) is 1. The van der Waals surface area contributed by atoms with Crippen LogP contribution in [-0.2, 0) is 0 Å². The highest BCUT2D eigenvalue weighted by Gasteiger charge is 2.07. The van der Waals surface area contributed by atoms with Crippen molar-refractivity contribution in [2.75, 3.05) is 18.0 Å². The molecule has 3 N–H and O–H groups in total. The van der Waals surface area contributed by atoms with Gasteiger partial charge < -0.3 is 11.1 Å². The molecule has 0 heterocycles. The number of nitrogen functional groups attached to an aromatic ring is 1. The fraction of sp³-hybridized carbons (Fsp3) is 0.500. The van der Waals surface area contributed by atoms with E-state index in [1.54, 1.807) is 17.8 Å². The molecule has 0 aliphatic carbocycles. The maximum Gasteiger partial charge on any atom is 0.251 e. The third-order valence-electron chi connectivity index (χ3n) is 2.62. The van der Waals surface area contributed by atoms with Crippen molar-refractivity contribution < 1.29 is 4.79 Å². The van der Waals surface area contributed by atoms with E-state index in [2.05, 4.69) is 12.2 Å². The molecule has 3 nitrogen and oxygen atoms in total. The van der Waals surface area contributed by atoms with Gasteiger partial charge in [0.25, 0.3) is 5.91 Å². The number of benzene rings is 1. The number of rotatable bonds is 7. The number of carbonyl (C=O) groups is 1. The number of anilines is 1. The first kappa shape index (κ1) is 14.9. The summed E-state index contributed by atoms with van der Waals surface area (Å²) in [4.78, 5) is 12.7. The fourth-order valence-corrected chi connectivity index (χ4v) is 2.61. The largest absolute Gasteiger partial charge is 0.398 e. The number of unbranched alkanes of at least 4 members (excludes halogenated alkanes) is 2. The molecular weight excluding hydrogens is 244 g/mol. The summed E-state index contributed by atoms with van der Waals surface area (Å²) < 4.78 is 0. The molecule has 1 amide bonds. The van der Waals surface area contributed by atoms with Gasteiger partial charge in [0.15, 0.2) is 0 Å². The molecule has 100 valence electrons. The Hall–Kier alpha value is -1.16. The Morgan fingerprint density at radius 3 is 2.78 bits per heavy atom. The minimum Gasteiger partial charge on any atom is -0.398 e. The van der Waals surface area contributed by atoms with E-state index < -0.39 is 0 Å². The fourth-order valence-electron chi connectivity index (χ4n) is 1.60. The molecule has 0 fully saturated rings. The highest BCUT2D eigenvalue weighted by molar-refractivity contribution is 7.99. The quantitative estimate of drug-likeness (QED) is 0.452. The molecule has 0 unspecified atom stereocenters. The van der Waals surface area contributed by atoms with Crippen molar-refractivity contribution in [2.24, 2.45) is 0 Å². The van der Waals surface area contributed by atoms with Crippen LogP contribution in [0, 0.1) is 0 Å². The van der Waals surface area contributed by atoms with Crippen LogP contribution in [-0.4, -0.2) is 18.2 Å². The molecule has 18 heavy (non-hydrogen) atoms. The smallest absolute Gasteiger partial charge is 0.251 e. The van der Waals surface area contributed by atoms with Crippen LogP contribution in [0.15, 0.2) is 23.1 Å². The molecule has 0 aromatic heterocycles. The summed E-state index contributed by atoms with van der Waals surface area (Å²) in [5.74, 6) is 1.02. The van der Waals surface area contributed by atoms with Gasteiger partial charge in [-0.3, -0.25) is 4.79 Å². The summed E-state index contributed by atoms with van der Waals surface area (Å²) in [6.45, 7) is 4.74. The van der Waals surface area contributed by atoms with Gasteiger partial charge in [0, 0.05) is 22.7 Å². The van der Waals surface area contributed by atoms with Crippen LogP contribution < -0.4 is 11.1 Å². The summed E-state index contributed by atoms with van der Waals surface area (Å²) in [6.07, 6.45) is 3.64. The van der Waals surface area contributed by atoms with Gasteiger partial charge >= 0.3 is 0 Å². The maximum absolute atomic E-state index is 11.7. The average molecular weight is 266 g/mol. The highest BCUT2D eigenvalue weighted by atomic mass is 32.2. The van der Waals surface area contributed by atoms with Crippen LogP contribution >= 0.6 is 11.8 Å². The van der Waals surface area contributed by atoms with Crippen LogP contribution in [0.1, 0.15) is 43.5 Å². The minimum atomic E-state index is -0.0343. The van der Waals surface area contributed by atoms with Gasteiger partial charge in [-0.25, -0.2) is 0 Å². The number of nitrogens with two attached hydrogens (primary N) is 1. The zero-order valence-electron chi connectivity index (χ0n) is 11.2. The predicted octanol–water partition coefficient (Wildman–Crippen LogP) is 3.30. The summed E-state index contributed by atoms with van der Waals surface area (Å²) in [7, 11) is 0. The van der Waals surface area contributed by atoms with E-state index in [0.29, 0.717) is 12.1 Å². The van der Waals surface area contributed by atoms with E-state index in [1.165, 1.54) is 19.3 Å². The lowest BCUT2D eigenvalue weighted by molar-refractivity contribution is 0.0955. The van der Waals surface area contributed by atoms with E-state index >= 15 is 0 Å². The normalized spacial score (nSPS) is 10.3. The van der Waals surface area contributed by atoms with Crippen molar-refractivity contribution in [1.82, 2.24) is 5.32 Å². The molecule has 1 aromatic carbocycles. The zero-order chi connectivity index (χ0) is 13.4. The minimum absolute atomic E-state index is 0.0343. The van der Waals surface area contributed by atoms with Crippen molar-refractivity contribution in [3.63, 3.8) is 0 Å². The Kier molecular flexibility index (Phi) is 6.65. The Labute approximate surface area is 114 Å².